The number of anilines is 4. The number of nitrogens with one attached hydrogen (secondary N) is 3. The summed E-state index contributed by atoms with van der Waals surface area (Å²) >= 11 is 1.52. The third-order valence-corrected chi connectivity index (χ3v) is 6.30. The topological polar surface area (TPSA) is 109 Å². The van der Waals surface area contributed by atoms with Crippen LogP contribution in [0.15, 0.2) is 78.3 Å². The Morgan fingerprint density at radius 2 is 1.89 bits per heavy atom. The van der Waals surface area contributed by atoms with Gasteiger partial charge in [0.25, 0.3) is 5.91 Å². The number of aromatic nitrogens is 3. The third-order valence-electron chi connectivity index (χ3n) is 5.54. The van der Waals surface area contributed by atoms with Gasteiger partial charge in [-0.1, -0.05) is 25.1 Å². The van der Waals surface area contributed by atoms with Crippen LogP contribution in [0.3, 0.4) is 0 Å². The molecule has 5 rings (SSSR count). The summed E-state index contributed by atoms with van der Waals surface area (Å²) in [7, 11) is 0. The maximum atomic E-state index is 12.6. The van der Waals surface area contributed by atoms with Crippen molar-refractivity contribution in [2.24, 2.45) is 0 Å². The molecule has 0 saturated heterocycles. The summed E-state index contributed by atoms with van der Waals surface area (Å²) in [5.74, 6) is -0.216. The van der Waals surface area contributed by atoms with E-state index in [2.05, 4.69) is 38.3 Å². The first-order valence-corrected chi connectivity index (χ1v) is 12.1. The van der Waals surface area contributed by atoms with Crippen LogP contribution in [0, 0.1) is 0 Å². The number of thiazole rings is 1. The lowest BCUT2D eigenvalue weighted by atomic mass is 10.2. The molecule has 176 valence electrons. The number of benzene rings is 2. The van der Waals surface area contributed by atoms with Crippen LogP contribution in [0.1, 0.15) is 23.0 Å². The smallest absolute Gasteiger partial charge is 0.255 e. The molecular formula is C26H25N7OS. The van der Waals surface area contributed by atoms with Crippen LogP contribution in [0.2, 0.25) is 0 Å². The highest BCUT2D eigenvalue weighted by molar-refractivity contribution is 7.14. The highest BCUT2D eigenvalue weighted by Crippen LogP contribution is 2.29. The lowest BCUT2D eigenvalue weighted by molar-refractivity contribution is 0.102. The molecule has 0 aliphatic rings. The zero-order valence-corrected chi connectivity index (χ0v) is 20.0. The Kier molecular flexibility index (Phi) is 6.42. The zero-order valence-electron chi connectivity index (χ0n) is 19.2. The van der Waals surface area contributed by atoms with Crippen molar-refractivity contribution >= 4 is 45.1 Å². The van der Waals surface area contributed by atoms with Crippen molar-refractivity contribution in [3.05, 3.63) is 89.6 Å². The van der Waals surface area contributed by atoms with Gasteiger partial charge in [0.05, 0.1) is 23.3 Å². The Balaban J connectivity index is 1.31. The molecule has 0 aliphatic carbocycles. The van der Waals surface area contributed by atoms with E-state index in [0.29, 0.717) is 16.9 Å². The fourth-order valence-electron chi connectivity index (χ4n) is 3.76. The van der Waals surface area contributed by atoms with Gasteiger partial charge >= 0.3 is 0 Å². The average molecular weight is 484 g/mol. The number of carbonyl (C=O) groups excluding carboxylic acids is 1. The molecule has 0 fully saturated rings. The van der Waals surface area contributed by atoms with Gasteiger partial charge in [-0.05, 0) is 55.1 Å². The number of hydrogen-bond acceptors (Lipinski definition) is 7. The number of hydrogen-bond donors (Lipinski definition) is 4. The average Bonchev–Trinajstić information content (AvgIpc) is 3.52. The Labute approximate surface area is 206 Å². The molecule has 5 aromatic rings. The maximum Gasteiger partial charge on any atom is 0.255 e. The van der Waals surface area contributed by atoms with E-state index in [0.717, 1.165) is 46.6 Å². The second-order valence-corrected chi connectivity index (χ2v) is 8.77. The molecule has 0 bridgehead atoms. The zero-order chi connectivity index (χ0) is 24.2. The first-order chi connectivity index (χ1) is 17.1. The molecule has 3 heterocycles. The van der Waals surface area contributed by atoms with E-state index in [1.165, 1.54) is 11.3 Å². The van der Waals surface area contributed by atoms with Crippen LogP contribution in [0.5, 0.6) is 0 Å². The fraction of sp³-hybridized carbons (Fsp3) is 0.115. The van der Waals surface area contributed by atoms with Crippen LogP contribution < -0.4 is 21.7 Å². The van der Waals surface area contributed by atoms with Gasteiger partial charge in [0.1, 0.15) is 11.3 Å². The minimum Gasteiger partial charge on any atom is -0.397 e. The molecule has 35 heavy (non-hydrogen) atoms. The minimum atomic E-state index is -0.216. The second-order valence-electron chi connectivity index (χ2n) is 7.92. The number of imidazole rings is 1. The Hall–Kier alpha value is -4.21. The number of nitrogens with zero attached hydrogens (tertiary/aromatic N) is 3. The molecule has 2 aromatic carbocycles. The highest BCUT2D eigenvalue weighted by atomic mass is 32.1. The van der Waals surface area contributed by atoms with E-state index in [9.17, 15) is 4.79 Å². The number of rotatable bonds is 8. The standard InChI is InChI=1S/C26H25N7OS/c1-2-28-14-19-6-5-9-24-29-15-23(33(19)24)22-16-35-26(32-22)30-18-12-10-17(11-13-18)25(34)31-21-8-4-3-7-20(21)27/h3-13,15-16,28H,2,14,27H2,1H3,(H,30,32)(H,31,34). The number of carbonyl (C=O) groups is 1. The molecule has 0 saturated carbocycles. The Morgan fingerprint density at radius 1 is 1.06 bits per heavy atom. The van der Waals surface area contributed by atoms with Crippen molar-refractivity contribution in [3.63, 3.8) is 0 Å². The first-order valence-electron chi connectivity index (χ1n) is 11.3. The van der Waals surface area contributed by atoms with Crippen molar-refractivity contribution in [2.45, 2.75) is 13.5 Å². The van der Waals surface area contributed by atoms with Gasteiger partial charge in [0.2, 0.25) is 0 Å². The molecule has 1 amide bonds. The van der Waals surface area contributed by atoms with E-state index in [4.69, 9.17) is 10.7 Å². The lowest BCUT2D eigenvalue weighted by Gasteiger charge is -2.09. The Morgan fingerprint density at radius 3 is 2.69 bits per heavy atom. The molecule has 0 spiro atoms. The van der Waals surface area contributed by atoms with Gasteiger partial charge in [-0.25, -0.2) is 9.97 Å². The van der Waals surface area contributed by atoms with Crippen molar-refractivity contribution in [3.8, 4) is 11.4 Å². The molecule has 3 aromatic heterocycles. The summed E-state index contributed by atoms with van der Waals surface area (Å²) in [5, 5.41) is 12.3. The number of nitrogens with two attached hydrogens (primary N) is 1. The van der Waals surface area contributed by atoms with Gasteiger partial charge in [-0.2, -0.15) is 0 Å². The van der Waals surface area contributed by atoms with Gasteiger partial charge in [0.15, 0.2) is 5.13 Å². The molecule has 5 N–H and O–H groups in total. The normalized spacial score (nSPS) is 11.0. The van der Waals surface area contributed by atoms with Gasteiger partial charge in [-0.3, -0.25) is 9.20 Å². The quantitative estimate of drug-likeness (QED) is 0.227. The van der Waals surface area contributed by atoms with Gasteiger partial charge in [0, 0.05) is 28.9 Å². The van der Waals surface area contributed by atoms with E-state index >= 15 is 0 Å². The van der Waals surface area contributed by atoms with E-state index < -0.39 is 0 Å². The molecule has 8 nitrogen and oxygen atoms in total. The van der Waals surface area contributed by atoms with Crippen molar-refractivity contribution in [2.75, 3.05) is 22.9 Å². The molecule has 9 heteroatoms. The summed E-state index contributed by atoms with van der Waals surface area (Å²) in [6.45, 7) is 3.74. The van der Waals surface area contributed by atoms with Crippen LogP contribution in [-0.2, 0) is 6.54 Å². The van der Waals surface area contributed by atoms with Crippen molar-refractivity contribution in [1.82, 2.24) is 19.7 Å². The fourth-order valence-corrected chi connectivity index (χ4v) is 4.48. The molecule has 0 atom stereocenters. The first kappa shape index (κ1) is 22.6. The monoisotopic (exact) mass is 483 g/mol. The summed E-state index contributed by atoms with van der Waals surface area (Å²) < 4.78 is 2.13. The molecule has 0 unspecified atom stereocenters. The maximum absolute atomic E-state index is 12.6. The van der Waals surface area contributed by atoms with Crippen molar-refractivity contribution < 1.29 is 4.79 Å². The number of pyridine rings is 1. The minimum absolute atomic E-state index is 0.216. The SMILES string of the molecule is CCNCc1cccc2ncc(-c3csc(Nc4ccc(C(=O)Nc5ccccc5N)cc4)n3)n12. The highest BCUT2D eigenvalue weighted by Gasteiger charge is 2.13. The van der Waals surface area contributed by atoms with E-state index in [1.807, 2.05) is 48.0 Å². The third kappa shape index (κ3) is 4.86. The number of para-hydroxylation sites is 2. The van der Waals surface area contributed by atoms with Crippen LogP contribution in [0.4, 0.5) is 22.2 Å². The molecule has 0 aliphatic heterocycles. The second kappa shape index (κ2) is 9.96. The molecular weight excluding hydrogens is 458 g/mol. The summed E-state index contributed by atoms with van der Waals surface area (Å²) in [6.07, 6.45) is 1.86. The summed E-state index contributed by atoms with van der Waals surface area (Å²) in [6, 6.07) is 20.5. The van der Waals surface area contributed by atoms with E-state index in [-0.39, 0.29) is 5.91 Å². The number of fused-ring (bicyclic) bond motifs is 1. The van der Waals surface area contributed by atoms with Gasteiger partial charge in [-0.15, -0.1) is 11.3 Å². The largest absolute Gasteiger partial charge is 0.397 e. The van der Waals surface area contributed by atoms with Crippen LogP contribution >= 0.6 is 11.3 Å². The lowest BCUT2D eigenvalue weighted by Crippen LogP contribution is -2.14. The van der Waals surface area contributed by atoms with Crippen molar-refractivity contribution in [1.29, 1.82) is 0 Å². The predicted molar refractivity (Wildman–Crippen MR) is 142 cm³/mol. The van der Waals surface area contributed by atoms with E-state index in [1.54, 1.807) is 24.3 Å². The van der Waals surface area contributed by atoms with Crippen LogP contribution in [0.25, 0.3) is 17.0 Å². The Bertz CT molecular complexity index is 1470. The number of nitrogen functional groups attached to an aromatic ring is 1. The number of amides is 1. The molecule has 0 radical (unpaired) electrons. The predicted octanol–water partition coefficient (Wildman–Crippen LogP) is 5.15. The van der Waals surface area contributed by atoms with Gasteiger partial charge < -0.3 is 21.7 Å². The summed E-state index contributed by atoms with van der Waals surface area (Å²) in [4.78, 5) is 21.9. The van der Waals surface area contributed by atoms with Crippen LogP contribution in [-0.4, -0.2) is 26.8 Å². The summed E-state index contributed by atoms with van der Waals surface area (Å²) in [5.41, 5.74) is 12.2.